The molecule has 0 heterocycles. The van der Waals surface area contributed by atoms with E-state index in [2.05, 4.69) is 20.7 Å². The molecule has 0 aromatic heterocycles. The Bertz CT molecular complexity index is 252. The molecule has 1 atom stereocenters. The average molecular weight is 300 g/mol. The van der Waals surface area contributed by atoms with E-state index in [9.17, 15) is 8.42 Å². The third-order valence-electron chi connectivity index (χ3n) is 2.32. The molecule has 0 spiro atoms. The smallest absolute Gasteiger partial charge is 0.211 e. The van der Waals surface area contributed by atoms with Gasteiger partial charge in [0.2, 0.25) is 10.0 Å². The highest BCUT2D eigenvalue weighted by molar-refractivity contribution is 9.09. The molecule has 0 aromatic rings. The van der Waals surface area contributed by atoms with Crippen LogP contribution < -0.4 is 4.72 Å². The Labute approximate surface area is 102 Å². The first-order valence-electron chi connectivity index (χ1n) is 5.49. The quantitative estimate of drug-likeness (QED) is 0.700. The third kappa shape index (κ3) is 7.30. The fourth-order valence-corrected chi connectivity index (χ4v) is 3.40. The van der Waals surface area contributed by atoms with Gasteiger partial charge in [0.05, 0.1) is 5.75 Å². The summed E-state index contributed by atoms with van der Waals surface area (Å²) in [6.45, 7) is 6.07. The molecule has 15 heavy (non-hydrogen) atoms. The summed E-state index contributed by atoms with van der Waals surface area (Å²) >= 11 is 3.34. The molecule has 0 aromatic carbocycles. The van der Waals surface area contributed by atoms with Crippen molar-refractivity contribution in [2.75, 3.05) is 11.1 Å². The number of hydrogen-bond acceptors (Lipinski definition) is 2. The molecule has 0 saturated carbocycles. The largest absolute Gasteiger partial charge is 0.212 e. The van der Waals surface area contributed by atoms with Gasteiger partial charge in [-0.25, -0.2) is 13.1 Å². The second-order valence-corrected chi connectivity index (χ2v) is 6.78. The molecule has 0 aliphatic rings. The number of halogens is 1. The summed E-state index contributed by atoms with van der Waals surface area (Å²) in [7, 11) is -3.08. The lowest BCUT2D eigenvalue weighted by Crippen LogP contribution is -2.40. The van der Waals surface area contributed by atoms with Gasteiger partial charge in [0.25, 0.3) is 0 Å². The number of rotatable bonds is 8. The van der Waals surface area contributed by atoms with Gasteiger partial charge >= 0.3 is 0 Å². The normalized spacial score (nSPS) is 14.5. The van der Waals surface area contributed by atoms with Gasteiger partial charge in [0, 0.05) is 11.4 Å². The molecule has 0 saturated heterocycles. The van der Waals surface area contributed by atoms with Gasteiger partial charge in [-0.1, -0.05) is 43.1 Å². The molecule has 3 nitrogen and oxygen atoms in total. The molecule has 0 radical (unpaired) electrons. The first-order valence-corrected chi connectivity index (χ1v) is 8.26. The average Bonchev–Trinajstić information content (AvgIpc) is 2.14. The first kappa shape index (κ1) is 15.4. The Morgan fingerprint density at radius 3 is 2.33 bits per heavy atom. The summed E-state index contributed by atoms with van der Waals surface area (Å²) in [6.07, 6.45) is 2.48. The molecular formula is C10H22BrNO2S. The minimum absolute atomic E-state index is 0.0474. The van der Waals surface area contributed by atoms with Crippen LogP contribution in [0.5, 0.6) is 0 Å². The van der Waals surface area contributed by atoms with Gasteiger partial charge in [0.15, 0.2) is 0 Å². The maximum absolute atomic E-state index is 11.7. The highest BCUT2D eigenvalue weighted by atomic mass is 79.9. The lowest BCUT2D eigenvalue weighted by Gasteiger charge is -2.21. The van der Waals surface area contributed by atoms with E-state index in [1.54, 1.807) is 0 Å². The van der Waals surface area contributed by atoms with Crippen molar-refractivity contribution in [1.29, 1.82) is 0 Å². The molecule has 5 heteroatoms. The number of nitrogens with one attached hydrogen (secondary N) is 1. The number of alkyl halides is 1. The fraction of sp³-hybridized carbons (Fsp3) is 1.00. The molecule has 0 bridgehead atoms. The maximum atomic E-state index is 11.7. The van der Waals surface area contributed by atoms with Crippen LogP contribution in [0.25, 0.3) is 0 Å². The second kappa shape index (κ2) is 7.63. The molecule has 0 amide bonds. The molecular weight excluding hydrogens is 278 g/mol. The van der Waals surface area contributed by atoms with E-state index in [0.29, 0.717) is 5.92 Å². The molecule has 92 valence electrons. The van der Waals surface area contributed by atoms with Crippen molar-refractivity contribution in [3.63, 3.8) is 0 Å². The molecule has 1 N–H and O–H groups in total. The standard InChI is InChI=1S/C10H22BrNO2S/c1-4-5-8-15(13,14)12-10(6-7-11)9(2)3/h9-10,12H,4-8H2,1-3H3. The first-order chi connectivity index (χ1) is 6.93. The zero-order chi connectivity index (χ0) is 11.9. The van der Waals surface area contributed by atoms with Gasteiger partial charge in [-0.3, -0.25) is 0 Å². The van der Waals surface area contributed by atoms with Crippen LogP contribution in [0.2, 0.25) is 0 Å². The fourth-order valence-electron chi connectivity index (χ4n) is 1.27. The van der Waals surface area contributed by atoms with Gasteiger partial charge < -0.3 is 0 Å². The van der Waals surface area contributed by atoms with E-state index in [1.807, 2.05) is 20.8 Å². The van der Waals surface area contributed by atoms with Crippen molar-refractivity contribution in [3.8, 4) is 0 Å². The van der Waals surface area contributed by atoms with Crippen LogP contribution in [0.4, 0.5) is 0 Å². The van der Waals surface area contributed by atoms with Crippen molar-refractivity contribution in [2.45, 2.75) is 46.1 Å². The van der Waals surface area contributed by atoms with E-state index in [4.69, 9.17) is 0 Å². The molecule has 0 aliphatic heterocycles. The highest BCUT2D eigenvalue weighted by Crippen LogP contribution is 2.09. The minimum atomic E-state index is -3.08. The maximum Gasteiger partial charge on any atom is 0.211 e. The Hall–Kier alpha value is 0.390. The Morgan fingerprint density at radius 2 is 1.93 bits per heavy atom. The molecule has 1 unspecified atom stereocenters. The van der Waals surface area contributed by atoms with Crippen molar-refractivity contribution in [3.05, 3.63) is 0 Å². The predicted molar refractivity (Wildman–Crippen MR) is 68.9 cm³/mol. The summed E-state index contributed by atoms with van der Waals surface area (Å²) in [5.74, 6) is 0.577. The lowest BCUT2D eigenvalue weighted by molar-refractivity contribution is 0.440. The van der Waals surface area contributed by atoms with Gasteiger partial charge in [-0.15, -0.1) is 0 Å². The summed E-state index contributed by atoms with van der Waals surface area (Å²) in [4.78, 5) is 0. The summed E-state index contributed by atoms with van der Waals surface area (Å²) < 4.78 is 26.1. The second-order valence-electron chi connectivity index (χ2n) is 4.12. The number of hydrogen-bond donors (Lipinski definition) is 1. The van der Waals surface area contributed by atoms with Crippen LogP contribution in [-0.4, -0.2) is 25.5 Å². The third-order valence-corrected chi connectivity index (χ3v) is 4.27. The van der Waals surface area contributed by atoms with Crippen molar-refractivity contribution >= 4 is 26.0 Å². The van der Waals surface area contributed by atoms with Crippen LogP contribution in [0.3, 0.4) is 0 Å². The SMILES string of the molecule is CCCCS(=O)(=O)NC(CCBr)C(C)C. The molecule has 0 aliphatic carbocycles. The summed E-state index contributed by atoms with van der Waals surface area (Å²) in [5.41, 5.74) is 0. The Kier molecular flexibility index (Phi) is 7.83. The summed E-state index contributed by atoms with van der Waals surface area (Å²) in [5, 5.41) is 0.826. The minimum Gasteiger partial charge on any atom is -0.212 e. The van der Waals surface area contributed by atoms with E-state index >= 15 is 0 Å². The Morgan fingerprint density at radius 1 is 1.33 bits per heavy atom. The topological polar surface area (TPSA) is 46.2 Å². The van der Waals surface area contributed by atoms with Crippen LogP contribution in [0, 0.1) is 5.92 Å². The van der Waals surface area contributed by atoms with Crippen molar-refractivity contribution in [1.82, 2.24) is 4.72 Å². The van der Waals surface area contributed by atoms with Gasteiger partial charge in [-0.05, 0) is 18.8 Å². The van der Waals surface area contributed by atoms with Crippen molar-refractivity contribution in [2.24, 2.45) is 5.92 Å². The predicted octanol–water partition coefficient (Wildman–Crippen LogP) is 2.52. The van der Waals surface area contributed by atoms with Crippen LogP contribution in [0.15, 0.2) is 0 Å². The zero-order valence-corrected chi connectivity index (χ0v) is 12.2. The number of sulfonamides is 1. The van der Waals surface area contributed by atoms with Gasteiger partial charge in [0.1, 0.15) is 0 Å². The lowest BCUT2D eigenvalue weighted by atomic mass is 10.0. The Balaban J connectivity index is 4.25. The van der Waals surface area contributed by atoms with Crippen molar-refractivity contribution < 1.29 is 8.42 Å². The van der Waals surface area contributed by atoms with E-state index in [0.717, 1.165) is 24.6 Å². The molecule has 0 fully saturated rings. The van der Waals surface area contributed by atoms with E-state index < -0.39 is 10.0 Å². The zero-order valence-electron chi connectivity index (χ0n) is 9.79. The van der Waals surface area contributed by atoms with E-state index in [-0.39, 0.29) is 11.8 Å². The van der Waals surface area contributed by atoms with Crippen LogP contribution >= 0.6 is 15.9 Å². The molecule has 0 rings (SSSR count). The van der Waals surface area contributed by atoms with Crippen LogP contribution in [-0.2, 0) is 10.0 Å². The van der Waals surface area contributed by atoms with Gasteiger partial charge in [-0.2, -0.15) is 0 Å². The monoisotopic (exact) mass is 299 g/mol. The highest BCUT2D eigenvalue weighted by Gasteiger charge is 2.19. The van der Waals surface area contributed by atoms with E-state index in [1.165, 1.54) is 0 Å². The number of unbranched alkanes of at least 4 members (excludes halogenated alkanes) is 1. The van der Waals surface area contributed by atoms with Crippen LogP contribution in [0.1, 0.15) is 40.0 Å². The summed E-state index contributed by atoms with van der Waals surface area (Å²) in [6, 6.07) is 0.0474.